The monoisotopic (exact) mass is 302 g/mol. The molecule has 0 N–H and O–H groups in total. The van der Waals surface area contributed by atoms with Crippen LogP contribution in [0, 0.1) is 0 Å². The van der Waals surface area contributed by atoms with E-state index in [-0.39, 0.29) is 24.8 Å². The first-order valence-corrected chi connectivity index (χ1v) is 7.08. The molecule has 0 saturated heterocycles. The zero-order valence-corrected chi connectivity index (χ0v) is 12.6. The number of esters is 1. The lowest BCUT2D eigenvalue weighted by molar-refractivity contribution is -0.143. The minimum atomic E-state index is -0.437. The molecule has 0 fully saturated rings. The summed E-state index contributed by atoms with van der Waals surface area (Å²) in [7, 11) is 0. The van der Waals surface area contributed by atoms with Crippen LogP contribution in [0.3, 0.4) is 0 Å². The molecule has 1 aromatic carbocycles. The van der Waals surface area contributed by atoms with Crippen LogP contribution < -0.4 is 0 Å². The van der Waals surface area contributed by atoms with Crippen molar-refractivity contribution < 1.29 is 14.3 Å². The van der Waals surface area contributed by atoms with Gasteiger partial charge in [0.1, 0.15) is 6.54 Å². The fourth-order valence-electron chi connectivity index (χ4n) is 1.92. The maximum absolute atomic E-state index is 12.4. The van der Waals surface area contributed by atoms with Gasteiger partial charge in [0.15, 0.2) is 5.69 Å². The number of hydrogen-bond donors (Lipinski definition) is 0. The normalized spacial score (nSPS) is 10.3. The average molecular weight is 302 g/mol. The fourth-order valence-corrected chi connectivity index (χ4v) is 1.92. The summed E-state index contributed by atoms with van der Waals surface area (Å²) in [6.07, 6.45) is 1.55. The molecule has 0 bridgehead atoms. The van der Waals surface area contributed by atoms with Crippen LogP contribution in [0.5, 0.6) is 0 Å². The molecule has 7 heteroatoms. The first-order valence-electron chi connectivity index (χ1n) is 7.08. The number of hydrogen-bond acceptors (Lipinski definition) is 5. The van der Waals surface area contributed by atoms with Crippen LogP contribution >= 0.6 is 0 Å². The van der Waals surface area contributed by atoms with Crippen LogP contribution in [0.1, 0.15) is 24.3 Å². The lowest BCUT2D eigenvalue weighted by Gasteiger charge is -2.18. The molecule has 0 aliphatic carbocycles. The minimum absolute atomic E-state index is 0.0959. The van der Waals surface area contributed by atoms with Crippen molar-refractivity contribution in [2.45, 2.75) is 13.8 Å². The summed E-state index contributed by atoms with van der Waals surface area (Å²) < 4.78 is 6.38. The molecular formula is C15H18N4O3. The van der Waals surface area contributed by atoms with Crippen LogP contribution in [0.15, 0.2) is 36.5 Å². The highest BCUT2D eigenvalue weighted by atomic mass is 16.5. The van der Waals surface area contributed by atoms with E-state index < -0.39 is 5.97 Å². The van der Waals surface area contributed by atoms with Gasteiger partial charge in [-0.05, 0) is 26.0 Å². The van der Waals surface area contributed by atoms with Crippen LogP contribution in [0.4, 0.5) is 0 Å². The van der Waals surface area contributed by atoms with Crippen LogP contribution in [-0.4, -0.2) is 51.5 Å². The first-order chi connectivity index (χ1) is 10.7. The topological polar surface area (TPSA) is 77.3 Å². The first kappa shape index (κ1) is 15.7. The molecule has 2 aromatic rings. The van der Waals surface area contributed by atoms with Gasteiger partial charge in [-0.3, -0.25) is 9.59 Å². The highest BCUT2D eigenvalue weighted by Gasteiger charge is 2.21. The molecule has 0 aliphatic heterocycles. The third-order valence-corrected chi connectivity index (χ3v) is 3.03. The number of para-hydroxylation sites is 1. The Hall–Kier alpha value is -2.70. The minimum Gasteiger partial charge on any atom is -0.465 e. The van der Waals surface area contributed by atoms with E-state index in [1.807, 2.05) is 30.3 Å². The second-order valence-electron chi connectivity index (χ2n) is 4.51. The Morgan fingerprint density at radius 2 is 1.95 bits per heavy atom. The van der Waals surface area contributed by atoms with Gasteiger partial charge in [-0.1, -0.05) is 23.4 Å². The van der Waals surface area contributed by atoms with E-state index in [2.05, 4.69) is 10.3 Å². The number of carbonyl (C=O) groups excluding carboxylic acids is 2. The van der Waals surface area contributed by atoms with E-state index in [0.717, 1.165) is 5.69 Å². The van der Waals surface area contributed by atoms with Crippen molar-refractivity contribution in [3.05, 3.63) is 42.2 Å². The zero-order valence-electron chi connectivity index (χ0n) is 12.6. The lowest BCUT2D eigenvalue weighted by atomic mass is 10.3. The molecule has 1 heterocycles. The molecule has 0 unspecified atom stereocenters. The van der Waals surface area contributed by atoms with Crippen LogP contribution in [0.25, 0.3) is 5.69 Å². The van der Waals surface area contributed by atoms with Crippen molar-refractivity contribution >= 4 is 11.9 Å². The van der Waals surface area contributed by atoms with Crippen LogP contribution in [0.2, 0.25) is 0 Å². The summed E-state index contributed by atoms with van der Waals surface area (Å²) in [5.41, 5.74) is 0.998. The van der Waals surface area contributed by atoms with Crippen molar-refractivity contribution in [2.75, 3.05) is 19.7 Å². The van der Waals surface area contributed by atoms with Crippen molar-refractivity contribution in [2.24, 2.45) is 0 Å². The summed E-state index contributed by atoms with van der Waals surface area (Å²) in [6.45, 7) is 4.09. The molecule has 7 nitrogen and oxygen atoms in total. The van der Waals surface area contributed by atoms with Gasteiger partial charge in [0.25, 0.3) is 5.91 Å². The number of nitrogens with zero attached hydrogens (tertiary/aromatic N) is 4. The van der Waals surface area contributed by atoms with Crippen molar-refractivity contribution in [3.63, 3.8) is 0 Å². The smallest absolute Gasteiger partial charge is 0.325 e. The van der Waals surface area contributed by atoms with E-state index >= 15 is 0 Å². The summed E-state index contributed by atoms with van der Waals surface area (Å²) in [5.74, 6) is -0.786. The van der Waals surface area contributed by atoms with E-state index in [0.29, 0.717) is 6.54 Å². The van der Waals surface area contributed by atoms with Gasteiger partial charge in [-0.25, -0.2) is 4.68 Å². The third-order valence-electron chi connectivity index (χ3n) is 3.03. The Morgan fingerprint density at radius 1 is 1.23 bits per heavy atom. The number of aromatic nitrogens is 3. The molecule has 0 saturated carbocycles. The summed E-state index contributed by atoms with van der Waals surface area (Å²) in [6, 6.07) is 9.36. The zero-order chi connectivity index (χ0) is 15.9. The summed E-state index contributed by atoms with van der Waals surface area (Å²) >= 11 is 0. The van der Waals surface area contributed by atoms with Gasteiger partial charge in [-0.2, -0.15) is 0 Å². The van der Waals surface area contributed by atoms with E-state index in [1.165, 1.54) is 9.58 Å². The Morgan fingerprint density at radius 3 is 2.59 bits per heavy atom. The molecule has 22 heavy (non-hydrogen) atoms. The largest absolute Gasteiger partial charge is 0.465 e. The second kappa shape index (κ2) is 7.35. The number of amides is 1. The van der Waals surface area contributed by atoms with Gasteiger partial charge in [0.05, 0.1) is 18.5 Å². The number of likely N-dealkylation sites (N-methyl/N-ethyl adjacent to an activating group) is 1. The van der Waals surface area contributed by atoms with Gasteiger partial charge < -0.3 is 9.64 Å². The van der Waals surface area contributed by atoms with Crippen molar-refractivity contribution in [3.8, 4) is 5.69 Å². The highest BCUT2D eigenvalue weighted by Crippen LogP contribution is 2.07. The average Bonchev–Trinajstić information content (AvgIpc) is 3.03. The molecule has 2 rings (SSSR count). The lowest BCUT2D eigenvalue weighted by Crippen LogP contribution is -2.36. The van der Waals surface area contributed by atoms with Gasteiger partial charge in [-0.15, -0.1) is 5.10 Å². The predicted octanol–water partition coefficient (Wildman–Crippen LogP) is 1.29. The van der Waals surface area contributed by atoms with Gasteiger partial charge in [0.2, 0.25) is 0 Å². The number of carbonyl (C=O) groups is 2. The van der Waals surface area contributed by atoms with Crippen molar-refractivity contribution in [1.82, 2.24) is 19.9 Å². The molecular weight excluding hydrogens is 284 g/mol. The highest BCUT2D eigenvalue weighted by molar-refractivity contribution is 5.94. The SMILES string of the molecule is CCOC(=O)CN(CC)C(=O)c1cn(-c2ccccc2)nn1. The number of ether oxygens (including phenoxy) is 1. The second-order valence-corrected chi connectivity index (χ2v) is 4.51. The Bertz CT molecular complexity index is 639. The molecule has 116 valence electrons. The van der Waals surface area contributed by atoms with Crippen LogP contribution in [-0.2, 0) is 9.53 Å². The van der Waals surface area contributed by atoms with Gasteiger partial charge >= 0.3 is 5.97 Å². The molecule has 0 radical (unpaired) electrons. The fraction of sp³-hybridized carbons (Fsp3) is 0.333. The Balaban J connectivity index is 2.12. The van der Waals surface area contributed by atoms with E-state index in [1.54, 1.807) is 20.0 Å². The van der Waals surface area contributed by atoms with Crippen molar-refractivity contribution in [1.29, 1.82) is 0 Å². The van der Waals surface area contributed by atoms with E-state index in [9.17, 15) is 9.59 Å². The Labute approximate surface area is 128 Å². The predicted molar refractivity (Wildman–Crippen MR) is 79.6 cm³/mol. The number of rotatable bonds is 6. The van der Waals surface area contributed by atoms with Gasteiger partial charge in [0, 0.05) is 6.54 Å². The molecule has 0 spiro atoms. The molecule has 1 aromatic heterocycles. The quantitative estimate of drug-likeness (QED) is 0.751. The summed E-state index contributed by atoms with van der Waals surface area (Å²) in [5, 5.41) is 7.83. The maximum atomic E-state index is 12.4. The molecule has 0 atom stereocenters. The Kier molecular flexibility index (Phi) is 5.24. The molecule has 1 amide bonds. The standard InChI is InChI=1S/C15H18N4O3/c1-3-18(11-14(20)22-4-2)15(21)13-10-19(17-16-13)12-8-6-5-7-9-12/h5-10H,3-4,11H2,1-2H3. The maximum Gasteiger partial charge on any atom is 0.325 e. The van der Waals surface area contributed by atoms with E-state index in [4.69, 9.17) is 4.74 Å². The number of benzene rings is 1. The molecule has 0 aliphatic rings. The third kappa shape index (κ3) is 3.69. The summed E-state index contributed by atoms with van der Waals surface area (Å²) in [4.78, 5) is 25.3.